The maximum absolute atomic E-state index is 6.00. The number of ether oxygens (including phenoxy) is 1. The number of nitrogen functional groups attached to an aromatic ring is 1. The Labute approximate surface area is 172 Å². The first kappa shape index (κ1) is 18.8. The van der Waals surface area contributed by atoms with Gasteiger partial charge >= 0.3 is 0 Å². The van der Waals surface area contributed by atoms with Crippen LogP contribution in [-0.4, -0.2) is 31.5 Å². The van der Waals surface area contributed by atoms with Crippen LogP contribution < -0.4 is 15.8 Å². The second-order valence-corrected chi connectivity index (χ2v) is 6.77. The van der Waals surface area contributed by atoms with Crippen molar-refractivity contribution in [2.75, 3.05) is 17.6 Å². The van der Waals surface area contributed by atoms with Crippen LogP contribution in [0.15, 0.2) is 49.3 Å². The highest BCUT2D eigenvalue weighted by molar-refractivity contribution is 6.33. The first-order chi connectivity index (χ1) is 14.1. The van der Waals surface area contributed by atoms with E-state index in [0.717, 1.165) is 17.5 Å². The third kappa shape index (κ3) is 4.17. The van der Waals surface area contributed by atoms with Crippen LogP contribution >= 0.6 is 11.6 Å². The second kappa shape index (κ2) is 8.24. The zero-order valence-electron chi connectivity index (χ0n) is 15.6. The number of fused-ring (bicyclic) bond motifs is 1. The zero-order chi connectivity index (χ0) is 20.2. The Morgan fingerprint density at radius 3 is 2.79 bits per heavy atom. The summed E-state index contributed by atoms with van der Waals surface area (Å²) in [5.74, 6) is 1.81. The lowest BCUT2D eigenvalue weighted by Crippen LogP contribution is -2.08. The normalized spacial score (nSPS) is 10.8. The highest BCUT2D eigenvalue weighted by atomic mass is 35.5. The molecule has 146 valence electrons. The van der Waals surface area contributed by atoms with Crippen LogP contribution in [0.25, 0.3) is 11.2 Å². The summed E-state index contributed by atoms with van der Waals surface area (Å²) in [4.78, 5) is 20.9. The van der Waals surface area contributed by atoms with Gasteiger partial charge in [-0.1, -0.05) is 23.7 Å². The van der Waals surface area contributed by atoms with E-state index in [1.807, 2.05) is 19.1 Å². The fraction of sp³-hybridized carbons (Fsp3) is 0.150. The summed E-state index contributed by atoms with van der Waals surface area (Å²) in [6, 6.07) is 6.00. The summed E-state index contributed by atoms with van der Waals surface area (Å²) in [5, 5.41) is 3.66. The number of hydrogen-bond acceptors (Lipinski definition) is 8. The third-order valence-electron chi connectivity index (χ3n) is 4.34. The van der Waals surface area contributed by atoms with Gasteiger partial charge in [0.05, 0.1) is 16.9 Å². The quantitative estimate of drug-likeness (QED) is 0.496. The zero-order valence-corrected chi connectivity index (χ0v) is 16.4. The van der Waals surface area contributed by atoms with Gasteiger partial charge in [0.2, 0.25) is 0 Å². The van der Waals surface area contributed by atoms with Crippen LogP contribution in [0.5, 0.6) is 11.5 Å². The summed E-state index contributed by atoms with van der Waals surface area (Å²) < 4.78 is 5.88. The van der Waals surface area contributed by atoms with Crippen molar-refractivity contribution >= 4 is 34.3 Å². The van der Waals surface area contributed by atoms with E-state index in [2.05, 4.69) is 36.3 Å². The molecule has 0 saturated heterocycles. The Kier molecular flexibility index (Phi) is 5.35. The Hall–Kier alpha value is -3.52. The van der Waals surface area contributed by atoms with E-state index in [1.54, 1.807) is 18.6 Å². The SMILES string of the molecule is Cc1cc(CCNc2ncnc3nccnc23)ccc1Oc1cncc(Cl)c1N. The number of nitrogens with one attached hydrogen (secondary N) is 1. The van der Waals surface area contributed by atoms with Crippen LogP contribution in [0.2, 0.25) is 5.02 Å². The van der Waals surface area contributed by atoms with E-state index < -0.39 is 0 Å². The molecule has 3 aromatic heterocycles. The first-order valence-electron chi connectivity index (χ1n) is 8.94. The minimum atomic E-state index is 0.366. The van der Waals surface area contributed by atoms with E-state index in [9.17, 15) is 0 Å². The van der Waals surface area contributed by atoms with Gasteiger partial charge in [-0.2, -0.15) is 0 Å². The summed E-state index contributed by atoms with van der Waals surface area (Å²) in [6.07, 6.45) is 8.55. The number of nitrogens with zero attached hydrogens (tertiary/aromatic N) is 5. The number of aromatic nitrogens is 5. The van der Waals surface area contributed by atoms with Crippen molar-refractivity contribution < 1.29 is 4.74 Å². The molecule has 0 radical (unpaired) electrons. The number of pyridine rings is 1. The topological polar surface area (TPSA) is 112 Å². The molecule has 29 heavy (non-hydrogen) atoms. The molecule has 1 aromatic carbocycles. The van der Waals surface area contributed by atoms with Crippen molar-refractivity contribution in [2.45, 2.75) is 13.3 Å². The van der Waals surface area contributed by atoms with Gasteiger partial charge < -0.3 is 15.8 Å². The molecule has 4 aromatic rings. The number of halogens is 1. The van der Waals surface area contributed by atoms with E-state index in [-0.39, 0.29) is 0 Å². The molecule has 4 rings (SSSR count). The highest BCUT2D eigenvalue weighted by Gasteiger charge is 2.09. The lowest BCUT2D eigenvalue weighted by molar-refractivity contribution is 0.479. The minimum absolute atomic E-state index is 0.366. The Morgan fingerprint density at radius 2 is 1.93 bits per heavy atom. The number of anilines is 2. The molecule has 0 amide bonds. The molecule has 0 aliphatic rings. The molecule has 0 aliphatic heterocycles. The van der Waals surface area contributed by atoms with Crippen molar-refractivity contribution in [1.82, 2.24) is 24.9 Å². The van der Waals surface area contributed by atoms with E-state index >= 15 is 0 Å². The fourth-order valence-corrected chi connectivity index (χ4v) is 3.01. The third-order valence-corrected chi connectivity index (χ3v) is 4.64. The summed E-state index contributed by atoms with van der Waals surface area (Å²) >= 11 is 6.00. The van der Waals surface area contributed by atoms with Crippen LogP contribution in [0.1, 0.15) is 11.1 Å². The molecule has 8 nitrogen and oxygen atoms in total. The van der Waals surface area contributed by atoms with Crippen LogP contribution in [0, 0.1) is 6.92 Å². The minimum Gasteiger partial charge on any atom is -0.453 e. The molecule has 0 saturated carbocycles. The molecule has 0 atom stereocenters. The van der Waals surface area contributed by atoms with Crippen LogP contribution in [-0.2, 0) is 6.42 Å². The lowest BCUT2D eigenvalue weighted by atomic mass is 10.1. The Bertz CT molecular complexity index is 1160. The molecular formula is C20H18ClN7O. The van der Waals surface area contributed by atoms with Crippen molar-refractivity contribution in [3.8, 4) is 11.5 Å². The molecule has 0 fully saturated rings. The van der Waals surface area contributed by atoms with Gasteiger partial charge in [0.15, 0.2) is 17.2 Å². The second-order valence-electron chi connectivity index (χ2n) is 6.36. The van der Waals surface area contributed by atoms with Crippen molar-refractivity contribution in [2.24, 2.45) is 0 Å². The molecule has 3 heterocycles. The predicted molar refractivity (Wildman–Crippen MR) is 112 cm³/mol. The first-order valence-corrected chi connectivity index (χ1v) is 9.31. The van der Waals surface area contributed by atoms with Crippen LogP contribution in [0.3, 0.4) is 0 Å². The maximum atomic E-state index is 6.00. The van der Waals surface area contributed by atoms with Gasteiger partial charge in [0.25, 0.3) is 0 Å². The van der Waals surface area contributed by atoms with Gasteiger partial charge in [-0.05, 0) is 30.5 Å². The predicted octanol–water partition coefficient (Wildman–Crippen LogP) is 3.81. The molecular weight excluding hydrogens is 390 g/mol. The number of aryl methyl sites for hydroxylation is 1. The van der Waals surface area contributed by atoms with E-state index in [0.29, 0.717) is 45.7 Å². The van der Waals surface area contributed by atoms with E-state index in [4.69, 9.17) is 22.1 Å². The molecule has 0 bridgehead atoms. The van der Waals surface area contributed by atoms with Gasteiger partial charge in [0.1, 0.15) is 17.6 Å². The van der Waals surface area contributed by atoms with Crippen molar-refractivity contribution in [3.05, 3.63) is 65.5 Å². The number of hydrogen-bond donors (Lipinski definition) is 2. The fourth-order valence-electron chi connectivity index (χ4n) is 2.86. The summed E-state index contributed by atoms with van der Waals surface area (Å²) in [7, 11) is 0. The monoisotopic (exact) mass is 407 g/mol. The smallest absolute Gasteiger partial charge is 0.183 e. The average Bonchev–Trinajstić information content (AvgIpc) is 2.73. The van der Waals surface area contributed by atoms with Crippen LogP contribution in [0.4, 0.5) is 11.5 Å². The van der Waals surface area contributed by atoms with Gasteiger partial charge in [0, 0.05) is 25.1 Å². The van der Waals surface area contributed by atoms with Gasteiger partial charge in [-0.15, -0.1) is 0 Å². The standard InChI is InChI=1S/C20H18ClN7O/c1-12-8-13(2-3-15(12)29-16-10-23-9-14(21)17(16)22)4-5-25-19-18-20(28-11-27-19)26-7-6-24-18/h2-3,6-11H,4-5H2,1H3,(H2,22,23)(H,25,26,27,28). The van der Waals surface area contributed by atoms with Gasteiger partial charge in [-0.3, -0.25) is 4.98 Å². The molecule has 9 heteroatoms. The largest absolute Gasteiger partial charge is 0.453 e. The summed E-state index contributed by atoms with van der Waals surface area (Å²) in [5.41, 5.74) is 9.68. The lowest BCUT2D eigenvalue weighted by Gasteiger charge is -2.12. The Morgan fingerprint density at radius 1 is 1.07 bits per heavy atom. The maximum Gasteiger partial charge on any atom is 0.183 e. The highest BCUT2D eigenvalue weighted by Crippen LogP contribution is 2.33. The Balaban J connectivity index is 1.42. The average molecular weight is 408 g/mol. The molecule has 3 N–H and O–H groups in total. The molecule has 0 aliphatic carbocycles. The van der Waals surface area contributed by atoms with Crippen molar-refractivity contribution in [3.63, 3.8) is 0 Å². The molecule has 0 spiro atoms. The van der Waals surface area contributed by atoms with E-state index in [1.165, 1.54) is 12.5 Å². The summed E-state index contributed by atoms with van der Waals surface area (Å²) in [6.45, 7) is 2.67. The number of rotatable bonds is 6. The van der Waals surface area contributed by atoms with Crippen molar-refractivity contribution in [1.29, 1.82) is 0 Å². The number of nitrogens with two attached hydrogens (primary N) is 1. The molecule has 0 unspecified atom stereocenters. The van der Waals surface area contributed by atoms with Gasteiger partial charge in [-0.25, -0.2) is 19.9 Å². The number of benzene rings is 1.